The number of methoxy groups -OCH3 is 1. The zero-order valence-corrected chi connectivity index (χ0v) is 11.5. The van der Waals surface area contributed by atoms with Crippen molar-refractivity contribution in [2.45, 2.75) is 13.0 Å². The summed E-state index contributed by atoms with van der Waals surface area (Å²) in [5.41, 5.74) is 1.34. The molecule has 21 heavy (non-hydrogen) atoms. The van der Waals surface area contributed by atoms with E-state index in [1.807, 2.05) is 6.92 Å². The quantitative estimate of drug-likeness (QED) is 0.789. The highest BCUT2D eigenvalue weighted by Gasteiger charge is 2.11. The van der Waals surface area contributed by atoms with Crippen LogP contribution in [0.2, 0.25) is 0 Å². The first-order chi connectivity index (χ1) is 10.2. The number of tetrazole rings is 1. The highest BCUT2D eigenvalue weighted by molar-refractivity contribution is 5.44. The molecule has 0 spiro atoms. The molecule has 0 saturated heterocycles. The number of ether oxygens (including phenoxy) is 1. The average molecular weight is 288 g/mol. The summed E-state index contributed by atoms with van der Waals surface area (Å²) in [6.07, 6.45) is 0. The van der Waals surface area contributed by atoms with E-state index >= 15 is 0 Å². The van der Waals surface area contributed by atoms with Gasteiger partial charge in [0.15, 0.2) is 17.2 Å². The largest absolute Gasteiger partial charge is 0.494 e. The molecular weight excluding hydrogens is 275 g/mol. The van der Waals surface area contributed by atoms with Gasteiger partial charge in [-0.05, 0) is 47.2 Å². The summed E-state index contributed by atoms with van der Waals surface area (Å²) in [7, 11) is 1.44. The minimum atomic E-state index is -0.396. The van der Waals surface area contributed by atoms with Crippen LogP contribution in [0, 0.1) is 5.82 Å². The maximum atomic E-state index is 13.7. The maximum absolute atomic E-state index is 13.7. The van der Waals surface area contributed by atoms with Crippen LogP contribution in [0.1, 0.15) is 18.5 Å². The summed E-state index contributed by atoms with van der Waals surface area (Å²) >= 11 is 0. The molecule has 108 valence electrons. The van der Waals surface area contributed by atoms with E-state index < -0.39 is 5.82 Å². The Kier molecular flexibility index (Phi) is 3.35. The van der Waals surface area contributed by atoms with Crippen molar-refractivity contribution in [2.75, 3.05) is 12.4 Å². The van der Waals surface area contributed by atoms with Gasteiger partial charge in [-0.3, -0.25) is 0 Å². The summed E-state index contributed by atoms with van der Waals surface area (Å²) < 4.78 is 19.9. The second kappa shape index (κ2) is 5.31. The number of nitrogens with zero attached hydrogens (tertiary/aromatic N) is 5. The van der Waals surface area contributed by atoms with E-state index in [2.05, 4.69) is 25.9 Å². The minimum absolute atomic E-state index is 0.133. The van der Waals surface area contributed by atoms with Gasteiger partial charge >= 0.3 is 0 Å². The predicted molar refractivity (Wildman–Crippen MR) is 73.6 cm³/mol. The van der Waals surface area contributed by atoms with Gasteiger partial charge in [-0.15, -0.1) is 14.8 Å². The summed E-state index contributed by atoms with van der Waals surface area (Å²) in [6.45, 7) is 1.91. The van der Waals surface area contributed by atoms with Gasteiger partial charge in [0.25, 0.3) is 0 Å². The number of halogens is 1. The van der Waals surface area contributed by atoms with Crippen molar-refractivity contribution in [3.63, 3.8) is 0 Å². The van der Waals surface area contributed by atoms with Crippen LogP contribution in [0.4, 0.5) is 10.2 Å². The SMILES string of the molecule is COc1ccc([C@@H](C)Nc2ccc3nnnn3n2)cc1F. The Hall–Kier alpha value is -2.77. The van der Waals surface area contributed by atoms with E-state index in [0.29, 0.717) is 11.5 Å². The standard InChI is InChI=1S/C13H13FN6O/c1-8(9-3-4-11(21-2)10(14)7-9)15-12-5-6-13-16-18-19-20(13)17-12/h3-8H,1-2H3,(H,15,17)/t8-/m1/s1. The van der Waals surface area contributed by atoms with Crippen molar-refractivity contribution >= 4 is 11.5 Å². The first kappa shape index (κ1) is 13.2. The third kappa shape index (κ3) is 2.60. The Morgan fingerprint density at radius 2 is 2.14 bits per heavy atom. The number of aromatic nitrogens is 5. The predicted octanol–water partition coefficient (Wildman–Crippen LogP) is 1.84. The van der Waals surface area contributed by atoms with Crippen molar-refractivity contribution in [1.29, 1.82) is 0 Å². The zero-order valence-electron chi connectivity index (χ0n) is 11.5. The van der Waals surface area contributed by atoms with Gasteiger partial charge in [-0.25, -0.2) is 4.39 Å². The molecule has 0 aliphatic heterocycles. The lowest BCUT2D eigenvalue weighted by Crippen LogP contribution is -2.10. The van der Waals surface area contributed by atoms with Gasteiger partial charge in [0.2, 0.25) is 0 Å². The normalized spacial score (nSPS) is 12.3. The van der Waals surface area contributed by atoms with Gasteiger partial charge in [0, 0.05) is 0 Å². The van der Waals surface area contributed by atoms with Gasteiger partial charge in [0.1, 0.15) is 5.82 Å². The van der Waals surface area contributed by atoms with Gasteiger partial charge < -0.3 is 10.1 Å². The summed E-state index contributed by atoms with van der Waals surface area (Å²) in [4.78, 5) is 0. The van der Waals surface area contributed by atoms with Crippen LogP contribution in [0.15, 0.2) is 30.3 Å². The van der Waals surface area contributed by atoms with E-state index in [0.717, 1.165) is 5.56 Å². The third-order valence-corrected chi connectivity index (χ3v) is 3.11. The first-order valence-corrected chi connectivity index (χ1v) is 6.33. The molecule has 0 unspecified atom stereocenters. The number of anilines is 1. The minimum Gasteiger partial charge on any atom is -0.494 e. The Labute approximate surface area is 119 Å². The zero-order chi connectivity index (χ0) is 14.8. The maximum Gasteiger partial charge on any atom is 0.200 e. The van der Waals surface area contributed by atoms with Crippen molar-refractivity contribution in [3.8, 4) is 5.75 Å². The van der Waals surface area contributed by atoms with Crippen LogP contribution >= 0.6 is 0 Å². The lowest BCUT2D eigenvalue weighted by molar-refractivity contribution is 0.386. The van der Waals surface area contributed by atoms with E-state index in [-0.39, 0.29) is 11.8 Å². The second-order valence-electron chi connectivity index (χ2n) is 4.51. The van der Waals surface area contributed by atoms with Gasteiger partial charge in [0.05, 0.1) is 13.2 Å². The summed E-state index contributed by atoms with van der Waals surface area (Å²) in [6, 6.07) is 8.22. The van der Waals surface area contributed by atoms with E-state index in [1.165, 1.54) is 17.8 Å². The first-order valence-electron chi connectivity index (χ1n) is 6.33. The number of nitrogens with one attached hydrogen (secondary N) is 1. The molecule has 1 N–H and O–H groups in total. The van der Waals surface area contributed by atoms with Crippen molar-refractivity contribution in [1.82, 2.24) is 25.3 Å². The second-order valence-corrected chi connectivity index (χ2v) is 4.51. The van der Waals surface area contributed by atoms with Crippen LogP contribution in [0.25, 0.3) is 5.65 Å². The lowest BCUT2D eigenvalue weighted by Gasteiger charge is -2.15. The molecule has 3 rings (SSSR count). The molecule has 1 aromatic carbocycles. The Morgan fingerprint density at radius 1 is 1.29 bits per heavy atom. The van der Waals surface area contributed by atoms with Crippen LogP contribution in [-0.4, -0.2) is 32.4 Å². The number of hydrogen-bond acceptors (Lipinski definition) is 6. The summed E-state index contributed by atoms with van der Waals surface area (Å²) in [5, 5.41) is 18.4. The summed E-state index contributed by atoms with van der Waals surface area (Å²) in [5.74, 6) is 0.422. The van der Waals surface area contributed by atoms with E-state index in [1.54, 1.807) is 24.3 Å². The van der Waals surface area contributed by atoms with E-state index in [4.69, 9.17) is 4.74 Å². The number of hydrogen-bond donors (Lipinski definition) is 1. The van der Waals surface area contributed by atoms with Gasteiger partial charge in [-0.2, -0.15) is 0 Å². The van der Waals surface area contributed by atoms with Gasteiger partial charge in [-0.1, -0.05) is 6.07 Å². The highest BCUT2D eigenvalue weighted by Crippen LogP contribution is 2.23. The molecule has 0 amide bonds. The fourth-order valence-electron chi connectivity index (χ4n) is 1.98. The number of benzene rings is 1. The molecule has 3 aromatic rings. The Balaban J connectivity index is 1.81. The smallest absolute Gasteiger partial charge is 0.200 e. The third-order valence-electron chi connectivity index (χ3n) is 3.11. The molecule has 7 nitrogen and oxygen atoms in total. The molecule has 0 saturated carbocycles. The molecule has 2 aromatic heterocycles. The Bertz CT molecular complexity index is 774. The molecule has 0 bridgehead atoms. The number of rotatable bonds is 4. The van der Waals surface area contributed by atoms with Crippen LogP contribution < -0.4 is 10.1 Å². The van der Waals surface area contributed by atoms with Crippen molar-refractivity contribution < 1.29 is 9.13 Å². The van der Waals surface area contributed by atoms with Crippen molar-refractivity contribution in [3.05, 3.63) is 41.7 Å². The van der Waals surface area contributed by atoms with Crippen molar-refractivity contribution in [2.24, 2.45) is 0 Å². The Morgan fingerprint density at radius 3 is 2.90 bits per heavy atom. The molecule has 2 heterocycles. The molecule has 0 fully saturated rings. The molecule has 0 radical (unpaired) electrons. The van der Waals surface area contributed by atoms with Crippen LogP contribution in [0.3, 0.4) is 0 Å². The highest BCUT2D eigenvalue weighted by atomic mass is 19.1. The molecule has 8 heteroatoms. The molecule has 0 aliphatic rings. The fourth-order valence-corrected chi connectivity index (χ4v) is 1.98. The van der Waals surface area contributed by atoms with E-state index in [9.17, 15) is 4.39 Å². The van der Waals surface area contributed by atoms with Crippen LogP contribution in [0.5, 0.6) is 5.75 Å². The topological polar surface area (TPSA) is 77.2 Å². The number of fused-ring (bicyclic) bond motifs is 1. The molecule has 0 aliphatic carbocycles. The monoisotopic (exact) mass is 288 g/mol. The average Bonchev–Trinajstić information content (AvgIpc) is 2.94. The van der Waals surface area contributed by atoms with Crippen LogP contribution in [-0.2, 0) is 0 Å². The fraction of sp³-hybridized carbons (Fsp3) is 0.231. The molecule has 1 atom stereocenters. The lowest BCUT2D eigenvalue weighted by atomic mass is 10.1. The molecular formula is C13H13FN6O.